The Labute approximate surface area is 140 Å². The average Bonchev–Trinajstić information content (AvgIpc) is 2.80. The van der Waals surface area contributed by atoms with Crippen molar-refractivity contribution in [3.63, 3.8) is 0 Å². The Morgan fingerprint density at radius 3 is 2.12 bits per heavy atom. The summed E-state index contributed by atoms with van der Waals surface area (Å²) in [6.07, 6.45) is 0.0581. The Bertz CT molecular complexity index is 648. The van der Waals surface area contributed by atoms with Gasteiger partial charge in [-0.15, -0.1) is 0 Å². The fourth-order valence-electron chi connectivity index (χ4n) is 2.59. The molecule has 0 saturated carbocycles. The Hall–Kier alpha value is -2.70. The zero-order valence-corrected chi connectivity index (χ0v) is 13.9. The molecule has 0 unspecified atom stereocenters. The lowest BCUT2D eigenvalue weighted by Crippen LogP contribution is -2.46. The van der Waals surface area contributed by atoms with Crippen LogP contribution in [0.25, 0.3) is 0 Å². The first-order valence-electron chi connectivity index (χ1n) is 7.68. The van der Waals surface area contributed by atoms with Gasteiger partial charge in [0.15, 0.2) is 0 Å². The quantitative estimate of drug-likeness (QED) is 0.575. The van der Waals surface area contributed by atoms with Crippen LogP contribution in [0.2, 0.25) is 0 Å². The van der Waals surface area contributed by atoms with E-state index >= 15 is 0 Å². The second-order valence-electron chi connectivity index (χ2n) is 5.75. The van der Waals surface area contributed by atoms with Gasteiger partial charge in [-0.25, -0.2) is 0 Å². The third kappa shape index (κ3) is 3.45. The molecule has 0 saturated heterocycles. The number of nitrogens with zero attached hydrogens (tertiary/aromatic N) is 2. The van der Waals surface area contributed by atoms with Crippen LogP contribution in [0.1, 0.15) is 41.0 Å². The molecule has 1 aromatic rings. The number of ether oxygens (including phenoxy) is 1. The molecule has 0 fully saturated rings. The molecule has 1 aromatic carbocycles. The largest absolute Gasteiger partial charge is 0.469 e. The maximum Gasteiger partial charge on any atom is 0.307 e. The van der Waals surface area contributed by atoms with Crippen LogP contribution in [0.5, 0.6) is 0 Å². The zero-order chi connectivity index (χ0) is 17.9. The van der Waals surface area contributed by atoms with Crippen LogP contribution in [-0.2, 0) is 14.3 Å². The highest BCUT2D eigenvalue weighted by Crippen LogP contribution is 2.22. The highest BCUT2D eigenvalue weighted by Gasteiger charge is 2.37. The molecule has 7 heteroatoms. The Kier molecular flexibility index (Phi) is 5.33. The first-order chi connectivity index (χ1) is 11.4. The standard InChI is InChI=1S/C17H20N2O5/c1-11(2)18(9-8-15(21)24-3)14(20)10-19-16(22)12-6-4-5-7-13(12)17(19)23/h4-7,11H,8-10H2,1-3H3. The van der Waals surface area contributed by atoms with Crippen LogP contribution in [0.4, 0.5) is 0 Å². The van der Waals surface area contributed by atoms with Crippen LogP contribution in [0.3, 0.4) is 0 Å². The topological polar surface area (TPSA) is 84.0 Å². The van der Waals surface area contributed by atoms with Crippen LogP contribution >= 0.6 is 0 Å². The maximum absolute atomic E-state index is 12.5. The molecule has 3 amide bonds. The molecule has 0 atom stereocenters. The van der Waals surface area contributed by atoms with Crippen molar-refractivity contribution in [2.24, 2.45) is 0 Å². The second kappa shape index (κ2) is 7.25. The Morgan fingerprint density at radius 1 is 1.12 bits per heavy atom. The van der Waals surface area contributed by atoms with Crippen molar-refractivity contribution in [3.05, 3.63) is 35.4 Å². The van der Waals surface area contributed by atoms with Gasteiger partial charge in [-0.2, -0.15) is 0 Å². The Morgan fingerprint density at radius 2 is 1.67 bits per heavy atom. The minimum absolute atomic E-state index is 0.0581. The number of imide groups is 1. The van der Waals surface area contributed by atoms with E-state index in [1.54, 1.807) is 38.1 Å². The average molecular weight is 332 g/mol. The molecule has 0 aliphatic carbocycles. The lowest BCUT2D eigenvalue weighted by molar-refractivity contribution is -0.142. The molecule has 7 nitrogen and oxygen atoms in total. The number of rotatable bonds is 6. The third-order valence-corrected chi connectivity index (χ3v) is 3.90. The molecule has 2 rings (SSSR count). The van der Waals surface area contributed by atoms with Crippen molar-refractivity contribution < 1.29 is 23.9 Å². The molecule has 0 aromatic heterocycles. The van der Waals surface area contributed by atoms with Crippen molar-refractivity contribution in [1.82, 2.24) is 9.80 Å². The van der Waals surface area contributed by atoms with Gasteiger partial charge in [0.1, 0.15) is 6.54 Å². The molecule has 1 aliphatic heterocycles. The molecular formula is C17H20N2O5. The van der Waals surface area contributed by atoms with Gasteiger partial charge < -0.3 is 9.64 Å². The smallest absolute Gasteiger partial charge is 0.307 e. The number of carbonyl (C=O) groups excluding carboxylic acids is 4. The van der Waals surface area contributed by atoms with Gasteiger partial charge >= 0.3 is 5.97 Å². The van der Waals surface area contributed by atoms with E-state index in [-0.39, 0.29) is 31.5 Å². The summed E-state index contributed by atoms with van der Waals surface area (Å²) in [5.41, 5.74) is 0.613. The Balaban J connectivity index is 2.09. The first kappa shape index (κ1) is 17.7. The van der Waals surface area contributed by atoms with E-state index in [2.05, 4.69) is 4.74 Å². The van der Waals surface area contributed by atoms with Crippen LogP contribution in [-0.4, -0.2) is 59.7 Å². The lowest BCUT2D eigenvalue weighted by Gasteiger charge is -2.28. The molecule has 0 N–H and O–H groups in total. The predicted molar refractivity (Wildman–Crippen MR) is 85.3 cm³/mol. The number of amides is 3. The van der Waals surface area contributed by atoms with E-state index in [0.29, 0.717) is 11.1 Å². The number of benzene rings is 1. The van der Waals surface area contributed by atoms with Gasteiger partial charge in [-0.1, -0.05) is 12.1 Å². The van der Waals surface area contributed by atoms with Gasteiger partial charge in [-0.3, -0.25) is 24.1 Å². The number of carbonyl (C=O) groups is 4. The summed E-state index contributed by atoms with van der Waals surface area (Å²) >= 11 is 0. The van der Waals surface area contributed by atoms with E-state index < -0.39 is 17.8 Å². The number of hydrogen-bond donors (Lipinski definition) is 0. The molecule has 0 radical (unpaired) electrons. The normalized spacial score (nSPS) is 13.2. The molecule has 0 spiro atoms. The minimum atomic E-state index is -0.472. The number of esters is 1. The number of methoxy groups -OCH3 is 1. The maximum atomic E-state index is 12.5. The SMILES string of the molecule is COC(=O)CCN(C(=O)CN1C(=O)c2ccccc2C1=O)C(C)C. The van der Waals surface area contributed by atoms with Crippen LogP contribution in [0.15, 0.2) is 24.3 Å². The summed E-state index contributed by atoms with van der Waals surface area (Å²) in [5, 5.41) is 0. The predicted octanol–water partition coefficient (Wildman–Crippen LogP) is 1.08. The van der Waals surface area contributed by atoms with Gasteiger partial charge in [0.2, 0.25) is 5.91 Å². The fraction of sp³-hybridized carbons (Fsp3) is 0.412. The van der Waals surface area contributed by atoms with E-state index in [4.69, 9.17) is 0 Å². The zero-order valence-electron chi connectivity index (χ0n) is 13.9. The van der Waals surface area contributed by atoms with Gasteiger partial charge in [0.25, 0.3) is 11.8 Å². The van der Waals surface area contributed by atoms with E-state index in [9.17, 15) is 19.2 Å². The summed E-state index contributed by atoms with van der Waals surface area (Å²) < 4.78 is 4.57. The van der Waals surface area contributed by atoms with E-state index in [0.717, 1.165) is 4.90 Å². The summed E-state index contributed by atoms with van der Waals surface area (Å²) in [6.45, 7) is 3.44. The molecular weight excluding hydrogens is 312 g/mol. The summed E-state index contributed by atoms with van der Waals surface area (Å²) in [5.74, 6) is -1.75. The molecule has 128 valence electrons. The molecule has 1 aliphatic rings. The van der Waals surface area contributed by atoms with Crippen molar-refractivity contribution in [1.29, 1.82) is 0 Å². The summed E-state index contributed by atoms with van der Waals surface area (Å²) in [4.78, 5) is 50.8. The van der Waals surface area contributed by atoms with Crippen molar-refractivity contribution in [2.45, 2.75) is 26.3 Å². The van der Waals surface area contributed by atoms with Crippen molar-refractivity contribution in [3.8, 4) is 0 Å². The molecule has 0 bridgehead atoms. The summed E-state index contributed by atoms with van der Waals surface area (Å²) in [6, 6.07) is 6.31. The fourth-order valence-corrected chi connectivity index (χ4v) is 2.59. The lowest BCUT2D eigenvalue weighted by atomic mass is 10.1. The van der Waals surface area contributed by atoms with Gasteiger partial charge in [0, 0.05) is 12.6 Å². The number of hydrogen-bond acceptors (Lipinski definition) is 5. The number of fused-ring (bicyclic) bond motifs is 1. The second-order valence-corrected chi connectivity index (χ2v) is 5.75. The monoisotopic (exact) mass is 332 g/mol. The van der Waals surface area contributed by atoms with Crippen LogP contribution < -0.4 is 0 Å². The first-order valence-corrected chi connectivity index (χ1v) is 7.68. The van der Waals surface area contributed by atoms with E-state index in [1.165, 1.54) is 12.0 Å². The molecule has 24 heavy (non-hydrogen) atoms. The molecule has 1 heterocycles. The minimum Gasteiger partial charge on any atom is -0.469 e. The summed E-state index contributed by atoms with van der Waals surface area (Å²) in [7, 11) is 1.28. The van der Waals surface area contributed by atoms with Crippen molar-refractivity contribution >= 4 is 23.7 Å². The van der Waals surface area contributed by atoms with E-state index in [1.807, 2.05) is 0 Å². The highest BCUT2D eigenvalue weighted by molar-refractivity contribution is 6.22. The van der Waals surface area contributed by atoms with Gasteiger partial charge in [0.05, 0.1) is 24.7 Å². The van der Waals surface area contributed by atoms with Crippen molar-refractivity contribution in [2.75, 3.05) is 20.2 Å². The highest BCUT2D eigenvalue weighted by atomic mass is 16.5. The van der Waals surface area contributed by atoms with Gasteiger partial charge in [-0.05, 0) is 26.0 Å². The third-order valence-electron chi connectivity index (χ3n) is 3.90. The van der Waals surface area contributed by atoms with Crippen LogP contribution in [0, 0.1) is 0 Å².